The van der Waals surface area contributed by atoms with E-state index >= 15 is 0 Å². The van der Waals surface area contributed by atoms with Gasteiger partial charge in [0, 0.05) is 0 Å². The van der Waals surface area contributed by atoms with Crippen LogP contribution in [0.4, 0.5) is 5.69 Å². The average molecular weight is 222 g/mol. The summed E-state index contributed by atoms with van der Waals surface area (Å²) in [5, 5.41) is 5.70. The van der Waals surface area contributed by atoms with Crippen molar-refractivity contribution >= 4 is 11.6 Å². The molecule has 1 unspecified atom stereocenters. The Morgan fingerprint density at radius 2 is 2.12 bits per heavy atom. The lowest BCUT2D eigenvalue weighted by molar-refractivity contribution is -0.117. The van der Waals surface area contributed by atoms with E-state index in [9.17, 15) is 4.79 Å². The summed E-state index contributed by atoms with van der Waals surface area (Å²) in [6.45, 7) is 4.29. The van der Waals surface area contributed by atoms with Gasteiger partial charge in [0.2, 0.25) is 5.91 Å². The summed E-state index contributed by atoms with van der Waals surface area (Å²) in [6.07, 6.45) is 0. The zero-order valence-electron chi connectivity index (χ0n) is 9.91. The lowest BCUT2D eigenvalue weighted by Crippen LogP contribution is -2.35. The number of para-hydroxylation sites is 2. The third-order valence-electron chi connectivity index (χ3n) is 2.27. The first-order chi connectivity index (χ1) is 7.69. The van der Waals surface area contributed by atoms with E-state index < -0.39 is 0 Å². The van der Waals surface area contributed by atoms with Gasteiger partial charge >= 0.3 is 0 Å². The second-order valence-corrected chi connectivity index (χ2v) is 3.43. The molecule has 1 aromatic rings. The number of carbonyl (C=O) groups is 1. The van der Waals surface area contributed by atoms with Crippen molar-refractivity contribution in [2.45, 2.75) is 19.9 Å². The molecule has 1 rings (SSSR count). The van der Waals surface area contributed by atoms with Crippen molar-refractivity contribution in [2.24, 2.45) is 0 Å². The molecule has 0 saturated heterocycles. The van der Waals surface area contributed by atoms with Crippen LogP contribution in [-0.4, -0.2) is 25.6 Å². The molecule has 4 heteroatoms. The highest BCUT2D eigenvalue weighted by molar-refractivity contribution is 5.95. The summed E-state index contributed by atoms with van der Waals surface area (Å²) in [7, 11) is 1.75. The number of amides is 1. The number of anilines is 1. The highest BCUT2D eigenvalue weighted by Gasteiger charge is 2.12. The smallest absolute Gasteiger partial charge is 0.241 e. The zero-order valence-corrected chi connectivity index (χ0v) is 9.91. The van der Waals surface area contributed by atoms with Crippen LogP contribution in [0.25, 0.3) is 0 Å². The summed E-state index contributed by atoms with van der Waals surface area (Å²) in [6, 6.07) is 7.17. The molecule has 2 N–H and O–H groups in total. The largest absolute Gasteiger partial charge is 0.492 e. The minimum absolute atomic E-state index is 0.0744. The van der Waals surface area contributed by atoms with Crippen LogP contribution in [0.2, 0.25) is 0 Å². The monoisotopic (exact) mass is 222 g/mol. The number of hydrogen-bond acceptors (Lipinski definition) is 3. The van der Waals surface area contributed by atoms with Crippen molar-refractivity contribution in [1.82, 2.24) is 5.32 Å². The summed E-state index contributed by atoms with van der Waals surface area (Å²) in [4.78, 5) is 11.7. The SMILES string of the molecule is CCOc1ccccc1NC(=O)C(C)NC. The van der Waals surface area contributed by atoms with Crippen LogP contribution in [-0.2, 0) is 4.79 Å². The second kappa shape index (κ2) is 6.12. The number of benzene rings is 1. The molecule has 1 atom stereocenters. The van der Waals surface area contributed by atoms with Gasteiger partial charge in [-0.25, -0.2) is 0 Å². The van der Waals surface area contributed by atoms with Crippen LogP contribution in [0.1, 0.15) is 13.8 Å². The molecule has 16 heavy (non-hydrogen) atoms. The fraction of sp³-hybridized carbons (Fsp3) is 0.417. The fourth-order valence-corrected chi connectivity index (χ4v) is 1.22. The van der Waals surface area contributed by atoms with E-state index in [1.165, 1.54) is 0 Å². The van der Waals surface area contributed by atoms with E-state index in [0.717, 1.165) is 0 Å². The molecule has 1 aromatic carbocycles. The number of likely N-dealkylation sites (N-methyl/N-ethyl adjacent to an activating group) is 1. The molecule has 0 heterocycles. The molecule has 0 aliphatic carbocycles. The first-order valence-corrected chi connectivity index (χ1v) is 5.39. The number of ether oxygens (including phenoxy) is 1. The van der Waals surface area contributed by atoms with E-state index in [-0.39, 0.29) is 11.9 Å². The average Bonchev–Trinajstić information content (AvgIpc) is 2.31. The van der Waals surface area contributed by atoms with E-state index in [1.807, 2.05) is 31.2 Å². The van der Waals surface area contributed by atoms with Crippen LogP contribution in [0.3, 0.4) is 0 Å². The molecular weight excluding hydrogens is 204 g/mol. The van der Waals surface area contributed by atoms with Crippen molar-refractivity contribution in [1.29, 1.82) is 0 Å². The Labute approximate surface area is 96.0 Å². The molecule has 1 amide bonds. The maximum Gasteiger partial charge on any atom is 0.241 e. The van der Waals surface area contributed by atoms with E-state index in [2.05, 4.69) is 10.6 Å². The molecule has 0 aliphatic rings. The van der Waals surface area contributed by atoms with Gasteiger partial charge in [-0.3, -0.25) is 4.79 Å². The standard InChI is InChI=1S/C12H18N2O2/c1-4-16-11-8-6-5-7-10(11)14-12(15)9(2)13-3/h5-9,13H,4H2,1-3H3,(H,14,15). The molecule has 0 radical (unpaired) electrons. The quantitative estimate of drug-likeness (QED) is 0.796. The third kappa shape index (κ3) is 3.24. The molecule has 88 valence electrons. The fourth-order valence-electron chi connectivity index (χ4n) is 1.22. The normalized spacial score (nSPS) is 11.9. The first-order valence-electron chi connectivity index (χ1n) is 5.39. The Balaban J connectivity index is 2.76. The van der Waals surface area contributed by atoms with Crippen LogP contribution in [0, 0.1) is 0 Å². The first kappa shape index (κ1) is 12.5. The van der Waals surface area contributed by atoms with Crippen LogP contribution in [0.5, 0.6) is 5.75 Å². The highest BCUT2D eigenvalue weighted by atomic mass is 16.5. The Morgan fingerprint density at radius 3 is 2.75 bits per heavy atom. The zero-order chi connectivity index (χ0) is 12.0. The van der Waals surface area contributed by atoms with Crippen molar-refractivity contribution in [3.63, 3.8) is 0 Å². The lowest BCUT2D eigenvalue weighted by atomic mass is 10.2. The van der Waals surface area contributed by atoms with Gasteiger partial charge in [-0.1, -0.05) is 12.1 Å². The van der Waals surface area contributed by atoms with Crippen LogP contribution in [0.15, 0.2) is 24.3 Å². The minimum atomic E-state index is -0.227. The van der Waals surface area contributed by atoms with E-state index in [0.29, 0.717) is 18.0 Å². The van der Waals surface area contributed by atoms with Crippen molar-refractivity contribution in [3.8, 4) is 5.75 Å². The van der Waals surface area contributed by atoms with E-state index in [4.69, 9.17) is 4.74 Å². The van der Waals surface area contributed by atoms with Crippen molar-refractivity contribution in [2.75, 3.05) is 19.0 Å². The summed E-state index contributed by atoms with van der Waals surface area (Å²) in [5.74, 6) is 0.622. The number of nitrogens with one attached hydrogen (secondary N) is 2. The molecule has 0 aromatic heterocycles. The maximum atomic E-state index is 11.7. The number of hydrogen-bond donors (Lipinski definition) is 2. The molecule has 0 fully saturated rings. The molecule has 0 aliphatic heterocycles. The molecule has 0 bridgehead atoms. The van der Waals surface area contributed by atoms with Gasteiger partial charge in [-0.2, -0.15) is 0 Å². The molecule has 0 saturated carbocycles. The number of rotatable bonds is 5. The Morgan fingerprint density at radius 1 is 1.44 bits per heavy atom. The topological polar surface area (TPSA) is 50.4 Å². The Bertz CT molecular complexity index is 353. The lowest BCUT2D eigenvalue weighted by Gasteiger charge is -2.14. The van der Waals surface area contributed by atoms with Gasteiger partial charge in [0.05, 0.1) is 18.3 Å². The summed E-state index contributed by atoms with van der Waals surface area (Å²) >= 11 is 0. The second-order valence-electron chi connectivity index (χ2n) is 3.43. The maximum absolute atomic E-state index is 11.7. The van der Waals surface area contributed by atoms with Gasteiger partial charge in [0.1, 0.15) is 5.75 Å². The summed E-state index contributed by atoms with van der Waals surface area (Å²) < 4.78 is 5.42. The van der Waals surface area contributed by atoms with Crippen LogP contribution >= 0.6 is 0 Å². The van der Waals surface area contributed by atoms with Gasteiger partial charge in [-0.05, 0) is 33.0 Å². The molecular formula is C12H18N2O2. The minimum Gasteiger partial charge on any atom is -0.492 e. The number of carbonyl (C=O) groups excluding carboxylic acids is 1. The van der Waals surface area contributed by atoms with Crippen molar-refractivity contribution in [3.05, 3.63) is 24.3 Å². The van der Waals surface area contributed by atoms with Gasteiger partial charge in [0.25, 0.3) is 0 Å². The van der Waals surface area contributed by atoms with Crippen molar-refractivity contribution < 1.29 is 9.53 Å². The van der Waals surface area contributed by atoms with Gasteiger partial charge in [-0.15, -0.1) is 0 Å². The predicted molar refractivity (Wildman–Crippen MR) is 64.8 cm³/mol. The molecule has 4 nitrogen and oxygen atoms in total. The predicted octanol–water partition coefficient (Wildman–Crippen LogP) is 1.63. The third-order valence-corrected chi connectivity index (χ3v) is 2.27. The van der Waals surface area contributed by atoms with Gasteiger partial charge < -0.3 is 15.4 Å². The van der Waals surface area contributed by atoms with E-state index in [1.54, 1.807) is 14.0 Å². The highest BCUT2D eigenvalue weighted by Crippen LogP contribution is 2.23. The Kier molecular flexibility index (Phi) is 4.79. The van der Waals surface area contributed by atoms with Gasteiger partial charge in [0.15, 0.2) is 0 Å². The summed E-state index contributed by atoms with van der Waals surface area (Å²) in [5.41, 5.74) is 0.705. The van der Waals surface area contributed by atoms with Crippen LogP contribution < -0.4 is 15.4 Å². The molecule has 0 spiro atoms. The Hall–Kier alpha value is -1.55.